The summed E-state index contributed by atoms with van der Waals surface area (Å²) in [5, 5.41) is 0. The van der Waals surface area contributed by atoms with E-state index >= 15 is 0 Å². The van der Waals surface area contributed by atoms with Gasteiger partial charge >= 0.3 is 11.9 Å². The number of methoxy groups -OCH3 is 1. The number of ether oxygens (including phenoxy) is 2. The van der Waals surface area contributed by atoms with Crippen LogP contribution in [0.25, 0.3) is 0 Å². The summed E-state index contributed by atoms with van der Waals surface area (Å²) in [5.41, 5.74) is -0.666. The second kappa shape index (κ2) is 8.86. The number of cyclic esters (lactones) is 1. The standard InChI is InChI=1S/C26H35NO7/c1-6-20(28)27(7-2)18-12-17(23(30)32-5)25(3)10-8-16-24(31)34-19(15-9-11-33-14-15)13-26(16,4)22(25)21(18)29/h9,11,14,16-19,22H,6-8,10,12-13H2,1-5H3/t16-,17-,18+,19-,22-,25-,26-/m0/s1. The van der Waals surface area contributed by atoms with Gasteiger partial charge in [0.15, 0.2) is 5.78 Å². The quantitative estimate of drug-likeness (QED) is 0.601. The van der Waals surface area contributed by atoms with Crippen molar-refractivity contribution in [2.75, 3.05) is 13.7 Å². The Labute approximate surface area is 200 Å². The fourth-order valence-electron chi connectivity index (χ4n) is 7.23. The lowest BCUT2D eigenvalue weighted by molar-refractivity contribution is -0.206. The van der Waals surface area contributed by atoms with Crippen LogP contribution >= 0.6 is 0 Å². The minimum atomic E-state index is -0.735. The van der Waals surface area contributed by atoms with Crippen LogP contribution in [0.3, 0.4) is 0 Å². The SMILES string of the molecule is CCC(=O)N(CC)[C@@H]1C[C@@H](C(=O)OC)[C@]2(C)CC[C@H]3C(=O)O[C@H](c4ccoc4)C[C@]3(C)[C@H]2C1=O. The second-order valence-corrected chi connectivity index (χ2v) is 10.5. The van der Waals surface area contributed by atoms with E-state index in [1.807, 2.05) is 20.8 Å². The number of furan rings is 1. The third-order valence-electron chi connectivity index (χ3n) is 8.86. The molecular formula is C26H35NO7. The smallest absolute Gasteiger partial charge is 0.310 e. The molecule has 8 nitrogen and oxygen atoms in total. The van der Waals surface area contributed by atoms with Gasteiger partial charge in [-0.1, -0.05) is 20.8 Å². The molecule has 0 bridgehead atoms. The molecule has 1 saturated heterocycles. The molecule has 2 aliphatic carbocycles. The third kappa shape index (κ3) is 3.57. The van der Waals surface area contributed by atoms with Crippen LogP contribution in [0.4, 0.5) is 0 Å². The maximum Gasteiger partial charge on any atom is 0.310 e. The lowest BCUT2D eigenvalue weighted by atomic mass is 9.42. The van der Waals surface area contributed by atoms with Crippen LogP contribution in [0.1, 0.15) is 71.5 Å². The molecule has 2 saturated carbocycles. The molecule has 34 heavy (non-hydrogen) atoms. The summed E-state index contributed by atoms with van der Waals surface area (Å²) in [5.74, 6) is -2.45. The summed E-state index contributed by atoms with van der Waals surface area (Å²) in [6.45, 7) is 7.96. The van der Waals surface area contributed by atoms with Gasteiger partial charge in [-0.05, 0) is 49.5 Å². The Kier molecular flexibility index (Phi) is 6.38. The van der Waals surface area contributed by atoms with Crippen LogP contribution in [0.2, 0.25) is 0 Å². The van der Waals surface area contributed by atoms with Gasteiger partial charge in [-0.25, -0.2) is 0 Å². The van der Waals surface area contributed by atoms with E-state index in [0.717, 1.165) is 5.56 Å². The number of likely N-dealkylation sites (N-methyl/N-ethyl adjacent to an activating group) is 1. The van der Waals surface area contributed by atoms with Crippen molar-refractivity contribution >= 4 is 23.6 Å². The topological polar surface area (TPSA) is 103 Å². The van der Waals surface area contributed by atoms with Gasteiger partial charge in [0.25, 0.3) is 0 Å². The second-order valence-electron chi connectivity index (χ2n) is 10.5. The van der Waals surface area contributed by atoms with Crippen molar-refractivity contribution in [3.05, 3.63) is 24.2 Å². The molecule has 3 aliphatic rings. The third-order valence-corrected chi connectivity index (χ3v) is 8.86. The average molecular weight is 474 g/mol. The molecule has 0 unspecified atom stereocenters. The summed E-state index contributed by atoms with van der Waals surface area (Å²) < 4.78 is 16.2. The molecule has 1 aromatic heterocycles. The van der Waals surface area contributed by atoms with Crippen LogP contribution in [0.15, 0.2) is 23.0 Å². The normalized spacial score (nSPS) is 37.3. The Bertz CT molecular complexity index is 972. The first-order valence-corrected chi connectivity index (χ1v) is 12.3. The molecule has 2 heterocycles. The Hall–Kier alpha value is -2.64. The number of Topliss-reactive ketones (excluding diaryl/α,β-unsaturated/α-hetero) is 1. The van der Waals surface area contributed by atoms with Crippen LogP contribution < -0.4 is 0 Å². The Balaban J connectivity index is 1.82. The van der Waals surface area contributed by atoms with Gasteiger partial charge in [0, 0.05) is 24.4 Å². The van der Waals surface area contributed by atoms with Crippen LogP contribution in [-0.4, -0.2) is 48.2 Å². The summed E-state index contributed by atoms with van der Waals surface area (Å²) in [4.78, 5) is 54.9. The number of ketones is 1. The van der Waals surface area contributed by atoms with Crippen molar-refractivity contribution in [1.82, 2.24) is 4.90 Å². The zero-order chi connectivity index (χ0) is 24.8. The summed E-state index contributed by atoms with van der Waals surface area (Å²) >= 11 is 0. The highest BCUT2D eigenvalue weighted by Gasteiger charge is 2.67. The zero-order valence-electron chi connectivity index (χ0n) is 20.7. The van der Waals surface area contributed by atoms with Crippen molar-refractivity contribution in [3.8, 4) is 0 Å². The zero-order valence-corrected chi connectivity index (χ0v) is 20.7. The number of rotatable bonds is 5. The lowest BCUT2D eigenvalue weighted by Crippen LogP contribution is -2.66. The average Bonchev–Trinajstić information content (AvgIpc) is 3.34. The molecule has 0 radical (unpaired) electrons. The molecule has 3 fully saturated rings. The van der Waals surface area contributed by atoms with Crippen LogP contribution in [0.5, 0.6) is 0 Å². The van der Waals surface area contributed by atoms with Gasteiger partial charge in [-0.2, -0.15) is 0 Å². The Morgan fingerprint density at radius 2 is 1.94 bits per heavy atom. The number of esters is 2. The predicted molar refractivity (Wildman–Crippen MR) is 121 cm³/mol. The first-order chi connectivity index (χ1) is 16.1. The van der Waals surface area contributed by atoms with Gasteiger partial charge in [0.2, 0.25) is 5.91 Å². The van der Waals surface area contributed by atoms with E-state index in [4.69, 9.17) is 13.9 Å². The fourth-order valence-corrected chi connectivity index (χ4v) is 7.23. The van der Waals surface area contributed by atoms with Gasteiger partial charge in [-0.3, -0.25) is 19.2 Å². The highest BCUT2D eigenvalue weighted by Crippen LogP contribution is 2.65. The highest BCUT2D eigenvalue weighted by atomic mass is 16.5. The molecule has 7 atom stereocenters. The molecule has 0 spiro atoms. The minimum absolute atomic E-state index is 0.0563. The number of carbonyl (C=O) groups excluding carboxylic acids is 4. The molecule has 186 valence electrons. The molecular weight excluding hydrogens is 438 g/mol. The maximum atomic E-state index is 14.3. The first-order valence-electron chi connectivity index (χ1n) is 12.3. The van der Waals surface area contributed by atoms with Crippen molar-refractivity contribution in [2.24, 2.45) is 28.6 Å². The predicted octanol–water partition coefficient (Wildman–Crippen LogP) is 3.70. The highest BCUT2D eigenvalue weighted by molar-refractivity contribution is 5.95. The van der Waals surface area contributed by atoms with Gasteiger partial charge in [0.1, 0.15) is 6.10 Å². The molecule has 1 amide bonds. The molecule has 4 rings (SSSR count). The number of amides is 1. The molecule has 1 aromatic rings. The van der Waals surface area contributed by atoms with Crippen molar-refractivity contribution in [2.45, 2.75) is 71.9 Å². The lowest BCUT2D eigenvalue weighted by Gasteiger charge is -2.61. The van der Waals surface area contributed by atoms with Crippen molar-refractivity contribution in [3.63, 3.8) is 0 Å². The van der Waals surface area contributed by atoms with E-state index in [0.29, 0.717) is 25.8 Å². The molecule has 8 heteroatoms. The first kappa shape index (κ1) is 24.5. The number of hydrogen-bond acceptors (Lipinski definition) is 7. The largest absolute Gasteiger partial charge is 0.472 e. The van der Waals surface area contributed by atoms with E-state index in [1.165, 1.54) is 13.4 Å². The Morgan fingerprint density at radius 1 is 1.21 bits per heavy atom. The minimum Gasteiger partial charge on any atom is -0.472 e. The molecule has 1 aliphatic heterocycles. The Morgan fingerprint density at radius 3 is 2.53 bits per heavy atom. The van der Waals surface area contributed by atoms with Crippen LogP contribution in [0, 0.1) is 28.6 Å². The number of fused-ring (bicyclic) bond motifs is 3. The number of nitrogens with zero attached hydrogens (tertiary/aromatic N) is 1. The van der Waals surface area contributed by atoms with Crippen molar-refractivity contribution in [1.29, 1.82) is 0 Å². The summed E-state index contributed by atoms with van der Waals surface area (Å²) in [6, 6.07) is 1.05. The number of carbonyl (C=O) groups is 4. The van der Waals surface area contributed by atoms with Gasteiger partial charge in [0.05, 0.1) is 37.5 Å². The fraction of sp³-hybridized carbons (Fsp3) is 0.692. The van der Waals surface area contributed by atoms with E-state index in [9.17, 15) is 19.2 Å². The van der Waals surface area contributed by atoms with Crippen molar-refractivity contribution < 1.29 is 33.1 Å². The van der Waals surface area contributed by atoms with E-state index in [2.05, 4.69) is 0 Å². The van der Waals surface area contributed by atoms with E-state index in [-0.39, 0.29) is 36.5 Å². The molecule has 0 aromatic carbocycles. The summed E-state index contributed by atoms with van der Waals surface area (Å²) in [6.07, 6.45) is 4.61. The summed E-state index contributed by atoms with van der Waals surface area (Å²) in [7, 11) is 1.36. The van der Waals surface area contributed by atoms with E-state index < -0.39 is 40.7 Å². The van der Waals surface area contributed by atoms with Gasteiger partial charge < -0.3 is 18.8 Å². The van der Waals surface area contributed by atoms with E-state index in [1.54, 1.807) is 24.2 Å². The monoisotopic (exact) mass is 473 g/mol. The number of hydrogen-bond donors (Lipinski definition) is 0. The molecule has 0 N–H and O–H groups in total. The van der Waals surface area contributed by atoms with Crippen LogP contribution in [-0.2, 0) is 28.7 Å². The maximum absolute atomic E-state index is 14.3. The van der Waals surface area contributed by atoms with Gasteiger partial charge in [-0.15, -0.1) is 0 Å².